The van der Waals surface area contributed by atoms with E-state index in [-0.39, 0.29) is 17.1 Å². The van der Waals surface area contributed by atoms with Crippen LogP contribution in [0.2, 0.25) is 5.15 Å². The molecule has 0 amide bonds. The zero-order valence-electron chi connectivity index (χ0n) is 10.5. The molecule has 0 fully saturated rings. The Morgan fingerprint density at radius 2 is 2.14 bits per heavy atom. The lowest BCUT2D eigenvalue weighted by Crippen LogP contribution is -2.08. The number of nitrogens with one attached hydrogen (secondary N) is 1. The largest absolute Gasteiger partial charge is 0.389 e. The first-order valence-corrected chi connectivity index (χ1v) is 7.02. The number of rotatable bonds is 4. The number of aryl methyl sites for hydroxylation is 1. The van der Waals surface area contributed by atoms with E-state index in [9.17, 15) is 13.2 Å². The Hall–Kier alpha value is -1.78. The summed E-state index contributed by atoms with van der Waals surface area (Å²) in [5.41, 5.74) is 1.38. The molecule has 0 radical (unpaired) electrons. The number of nitrogens with zero attached hydrogens (tertiary/aromatic N) is 2. The highest BCUT2D eigenvalue weighted by Crippen LogP contribution is 2.31. The van der Waals surface area contributed by atoms with Crippen LogP contribution in [0.5, 0.6) is 0 Å². The molecular weight excluding hydrogens is 323 g/mol. The molecule has 1 heterocycles. The number of hydrogen-bond donors (Lipinski definition) is 1. The summed E-state index contributed by atoms with van der Waals surface area (Å²) in [5.74, 6) is 0. The lowest BCUT2D eigenvalue weighted by molar-refractivity contribution is -0.133. The van der Waals surface area contributed by atoms with Crippen molar-refractivity contribution in [1.82, 2.24) is 4.37 Å². The first kappa shape index (κ1) is 15.6. The molecule has 0 atom stereocenters. The normalized spacial score (nSPS) is 11.2. The van der Waals surface area contributed by atoms with Crippen molar-refractivity contribution in [3.63, 3.8) is 0 Å². The van der Waals surface area contributed by atoms with Crippen molar-refractivity contribution in [3.05, 3.63) is 40.5 Å². The van der Waals surface area contributed by atoms with Crippen LogP contribution < -0.4 is 5.32 Å². The van der Waals surface area contributed by atoms with Crippen LogP contribution in [-0.2, 0) is 6.42 Å². The molecule has 0 saturated carbocycles. The first-order chi connectivity index (χ1) is 9.89. The Kier molecular flexibility index (Phi) is 4.70. The molecule has 3 nitrogen and oxygen atoms in total. The first-order valence-electron chi connectivity index (χ1n) is 5.87. The van der Waals surface area contributed by atoms with E-state index in [1.807, 2.05) is 6.07 Å². The maximum absolute atomic E-state index is 12.2. The molecule has 0 spiro atoms. The summed E-state index contributed by atoms with van der Waals surface area (Å²) in [6.45, 7) is 0. The third-order valence-electron chi connectivity index (χ3n) is 2.64. The summed E-state index contributed by atoms with van der Waals surface area (Å²) < 4.78 is 40.5. The van der Waals surface area contributed by atoms with Crippen LogP contribution in [0, 0.1) is 11.3 Å². The standard InChI is InChI=1S/C13H9ClF3N3S/c14-11-10(7-18)12(21-20-11)19-9-3-1-2-8(6-9)4-5-13(15,16)17/h1-3,6,19H,4-5H2. The molecule has 8 heteroatoms. The molecule has 21 heavy (non-hydrogen) atoms. The van der Waals surface area contributed by atoms with Crippen molar-refractivity contribution < 1.29 is 13.2 Å². The number of halogens is 4. The topological polar surface area (TPSA) is 48.7 Å². The maximum atomic E-state index is 12.2. The summed E-state index contributed by atoms with van der Waals surface area (Å²) in [5, 5.41) is 12.5. The minimum absolute atomic E-state index is 0.0897. The zero-order chi connectivity index (χ0) is 15.5. The smallest absolute Gasteiger partial charge is 0.345 e. The summed E-state index contributed by atoms with van der Waals surface area (Å²) in [6.07, 6.45) is -5.14. The highest BCUT2D eigenvalue weighted by Gasteiger charge is 2.26. The molecule has 0 saturated heterocycles. The number of benzene rings is 1. The molecule has 0 aliphatic carbocycles. The average molecular weight is 332 g/mol. The predicted molar refractivity (Wildman–Crippen MR) is 75.9 cm³/mol. The fourth-order valence-corrected chi connectivity index (χ4v) is 2.63. The van der Waals surface area contributed by atoms with E-state index in [0.29, 0.717) is 16.3 Å². The number of nitriles is 1. The second kappa shape index (κ2) is 6.33. The van der Waals surface area contributed by atoms with Crippen LogP contribution in [0.15, 0.2) is 24.3 Å². The van der Waals surface area contributed by atoms with E-state index in [2.05, 4.69) is 9.69 Å². The highest BCUT2D eigenvalue weighted by atomic mass is 35.5. The predicted octanol–water partition coefficient (Wildman–Crippen LogP) is 4.91. The van der Waals surface area contributed by atoms with Crippen molar-refractivity contribution in [2.45, 2.75) is 19.0 Å². The van der Waals surface area contributed by atoms with Crippen LogP contribution in [0.25, 0.3) is 0 Å². The van der Waals surface area contributed by atoms with Gasteiger partial charge in [-0.25, -0.2) is 0 Å². The fraction of sp³-hybridized carbons (Fsp3) is 0.231. The molecule has 0 aliphatic rings. The second-order valence-corrected chi connectivity index (χ2v) is 5.36. The molecule has 110 valence electrons. The molecule has 0 unspecified atom stereocenters. The van der Waals surface area contributed by atoms with Crippen LogP contribution in [0.4, 0.5) is 23.9 Å². The Labute approximate surface area is 128 Å². The molecule has 1 aromatic carbocycles. The van der Waals surface area contributed by atoms with Gasteiger partial charge < -0.3 is 5.32 Å². The summed E-state index contributed by atoms with van der Waals surface area (Å²) >= 11 is 6.78. The SMILES string of the molecule is N#Cc1c(Cl)nsc1Nc1cccc(CCC(F)(F)F)c1. The molecule has 0 bridgehead atoms. The van der Waals surface area contributed by atoms with Crippen molar-refractivity contribution in [3.8, 4) is 6.07 Å². The van der Waals surface area contributed by atoms with Crippen LogP contribution in [0.3, 0.4) is 0 Å². The van der Waals surface area contributed by atoms with E-state index >= 15 is 0 Å². The minimum atomic E-state index is -4.18. The van der Waals surface area contributed by atoms with Crippen LogP contribution >= 0.6 is 23.1 Å². The molecule has 0 aliphatic heterocycles. The van der Waals surface area contributed by atoms with E-state index in [1.165, 1.54) is 0 Å². The lowest BCUT2D eigenvalue weighted by Gasteiger charge is -2.08. The summed E-state index contributed by atoms with van der Waals surface area (Å²) in [4.78, 5) is 0. The van der Waals surface area contributed by atoms with Gasteiger partial charge in [0.15, 0.2) is 5.15 Å². The van der Waals surface area contributed by atoms with E-state index in [0.717, 1.165) is 11.5 Å². The Balaban J connectivity index is 2.13. The lowest BCUT2D eigenvalue weighted by atomic mass is 10.1. The third-order valence-corrected chi connectivity index (χ3v) is 3.78. The number of hydrogen-bond acceptors (Lipinski definition) is 4. The van der Waals surface area contributed by atoms with Gasteiger partial charge >= 0.3 is 6.18 Å². The highest BCUT2D eigenvalue weighted by molar-refractivity contribution is 7.10. The minimum Gasteiger partial charge on any atom is -0.345 e. The van der Waals surface area contributed by atoms with E-state index in [4.69, 9.17) is 16.9 Å². The molecular formula is C13H9ClF3N3S. The van der Waals surface area contributed by atoms with Crippen molar-refractivity contribution >= 4 is 33.8 Å². The Bertz CT molecular complexity index is 676. The van der Waals surface area contributed by atoms with Crippen molar-refractivity contribution in [2.24, 2.45) is 0 Å². The molecule has 1 N–H and O–H groups in total. The number of anilines is 2. The van der Waals surface area contributed by atoms with Gasteiger partial charge in [-0.2, -0.15) is 22.8 Å². The second-order valence-electron chi connectivity index (χ2n) is 4.23. The van der Waals surface area contributed by atoms with Gasteiger partial charge in [0, 0.05) is 12.1 Å². The van der Waals surface area contributed by atoms with Gasteiger partial charge in [0.1, 0.15) is 16.6 Å². The third kappa shape index (κ3) is 4.34. The molecule has 1 aromatic heterocycles. The van der Waals surface area contributed by atoms with Gasteiger partial charge in [0.25, 0.3) is 0 Å². The van der Waals surface area contributed by atoms with Gasteiger partial charge in [0.2, 0.25) is 0 Å². The van der Waals surface area contributed by atoms with Crippen LogP contribution in [0.1, 0.15) is 17.5 Å². The molecule has 2 rings (SSSR count). The van der Waals surface area contributed by atoms with Gasteiger partial charge in [-0.3, -0.25) is 0 Å². The maximum Gasteiger partial charge on any atom is 0.389 e. The average Bonchev–Trinajstić information content (AvgIpc) is 2.76. The number of aromatic nitrogens is 1. The van der Waals surface area contributed by atoms with Gasteiger partial charge in [-0.15, -0.1) is 0 Å². The van der Waals surface area contributed by atoms with E-state index in [1.54, 1.807) is 24.3 Å². The fourth-order valence-electron chi connectivity index (χ4n) is 1.67. The van der Waals surface area contributed by atoms with Crippen molar-refractivity contribution in [1.29, 1.82) is 5.26 Å². The van der Waals surface area contributed by atoms with Crippen LogP contribution in [-0.4, -0.2) is 10.5 Å². The van der Waals surface area contributed by atoms with Gasteiger partial charge in [-0.1, -0.05) is 23.7 Å². The zero-order valence-corrected chi connectivity index (χ0v) is 12.1. The summed E-state index contributed by atoms with van der Waals surface area (Å²) in [6, 6.07) is 8.52. The summed E-state index contributed by atoms with van der Waals surface area (Å²) in [7, 11) is 0. The van der Waals surface area contributed by atoms with E-state index < -0.39 is 12.6 Å². The van der Waals surface area contributed by atoms with Gasteiger partial charge in [0.05, 0.1) is 0 Å². The molecule has 2 aromatic rings. The van der Waals surface area contributed by atoms with Crippen molar-refractivity contribution in [2.75, 3.05) is 5.32 Å². The Morgan fingerprint density at radius 1 is 1.38 bits per heavy atom. The van der Waals surface area contributed by atoms with Gasteiger partial charge in [-0.05, 0) is 35.6 Å². The number of alkyl halides is 3. The monoisotopic (exact) mass is 331 g/mol. The quantitative estimate of drug-likeness (QED) is 0.866. The Morgan fingerprint density at radius 3 is 2.81 bits per heavy atom.